The van der Waals surface area contributed by atoms with Crippen LogP contribution in [-0.2, 0) is 9.53 Å². The summed E-state index contributed by atoms with van der Waals surface area (Å²) in [5.74, 6) is -0.0584. The van der Waals surface area contributed by atoms with Gasteiger partial charge in [-0.25, -0.2) is 0 Å². The zero-order valence-corrected chi connectivity index (χ0v) is 8.30. The molecule has 0 aromatic carbocycles. The Morgan fingerprint density at radius 3 is 2.85 bits per heavy atom. The smallest absolute Gasteiger partial charge is 0.243 e. The van der Waals surface area contributed by atoms with Crippen LogP contribution in [0.15, 0.2) is 12.2 Å². The van der Waals surface area contributed by atoms with E-state index < -0.39 is 0 Å². The highest BCUT2D eigenvalue weighted by Gasteiger charge is 1.87. The van der Waals surface area contributed by atoms with Crippen LogP contribution in [0.2, 0.25) is 0 Å². The van der Waals surface area contributed by atoms with E-state index >= 15 is 0 Å². The van der Waals surface area contributed by atoms with E-state index in [1.807, 2.05) is 6.08 Å². The number of nitrogens with one attached hydrogen (secondary N) is 2. The minimum Gasteiger partial charge on any atom is -0.383 e. The van der Waals surface area contributed by atoms with Gasteiger partial charge in [0.1, 0.15) is 0 Å². The van der Waals surface area contributed by atoms with Crippen molar-refractivity contribution in [2.75, 3.05) is 33.9 Å². The van der Waals surface area contributed by atoms with Crippen molar-refractivity contribution in [1.82, 2.24) is 10.6 Å². The van der Waals surface area contributed by atoms with Gasteiger partial charge in [0, 0.05) is 20.7 Å². The molecule has 0 saturated carbocycles. The minimum absolute atomic E-state index is 0.0584. The lowest BCUT2D eigenvalue weighted by atomic mass is 10.3. The third kappa shape index (κ3) is 9.04. The molecular weight excluding hydrogens is 168 g/mol. The van der Waals surface area contributed by atoms with E-state index in [9.17, 15) is 4.79 Å². The van der Waals surface area contributed by atoms with Crippen molar-refractivity contribution in [2.45, 2.75) is 6.42 Å². The second-order valence-corrected chi connectivity index (χ2v) is 2.55. The number of hydrogen-bond acceptors (Lipinski definition) is 3. The van der Waals surface area contributed by atoms with Crippen LogP contribution in [0, 0.1) is 0 Å². The van der Waals surface area contributed by atoms with Crippen LogP contribution in [0.25, 0.3) is 0 Å². The highest BCUT2D eigenvalue weighted by molar-refractivity contribution is 5.87. The summed E-state index contributed by atoms with van der Waals surface area (Å²) < 4.78 is 4.86. The third-order valence-electron chi connectivity index (χ3n) is 1.49. The third-order valence-corrected chi connectivity index (χ3v) is 1.49. The Morgan fingerprint density at radius 1 is 1.46 bits per heavy atom. The summed E-state index contributed by atoms with van der Waals surface area (Å²) in [6.45, 7) is 2.44. The molecule has 13 heavy (non-hydrogen) atoms. The number of hydrogen-bond donors (Lipinski definition) is 2. The molecule has 0 aliphatic rings. The largest absolute Gasteiger partial charge is 0.383 e. The van der Waals surface area contributed by atoms with Gasteiger partial charge in [-0.1, -0.05) is 6.08 Å². The van der Waals surface area contributed by atoms with Crippen molar-refractivity contribution in [3.8, 4) is 0 Å². The van der Waals surface area contributed by atoms with Gasteiger partial charge in [-0.15, -0.1) is 0 Å². The molecule has 0 fully saturated rings. The first-order valence-corrected chi connectivity index (χ1v) is 4.39. The molecule has 0 radical (unpaired) electrons. The lowest BCUT2D eigenvalue weighted by molar-refractivity contribution is -0.116. The summed E-state index contributed by atoms with van der Waals surface area (Å²) in [6.07, 6.45) is 4.24. The number of carbonyl (C=O) groups excluding carboxylic acids is 1. The van der Waals surface area contributed by atoms with Crippen LogP contribution in [0.3, 0.4) is 0 Å². The molecule has 0 heterocycles. The fraction of sp³-hybridized carbons (Fsp3) is 0.667. The Kier molecular flexibility index (Phi) is 8.60. The van der Waals surface area contributed by atoms with E-state index in [1.54, 1.807) is 14.2 Å². The number of amides is 1. The van der Waals surface area contributed by atoms with Gasteiger partial charge in [0.15, 0.2) is 0 Å². The Morgan fingerprint density at radius 2 is 2.23 bits per heavy atom. The number of methoxy groups -OCH3 is 1. The van der Waals surface area contributed by atoms with Crippen LogP contribution >= 0.6 is 0 Å². The Balaban J connectivity index is 3.15. The summed E-state index contributed by atoms with van der Waals surface area (Å²) in [5.41, 5.74) is 0. The molecule has 2 N–H and O–H groups in total. The molecule has 4 nitrogen and oxygen atoms in total. The number of carbonyl (C=O) groups is 1. The van der Waals surface area contributed by atoms with Gasteiger partial charge in [-0.3, -0.25) is 4.79 Å². The Bertz CT molecular complexity index is 158. The van der Waals surface area contributed by atoms with E-state index in [0.29, 0.717) is 0 Å². The van der Waals surface area contributed by atoms with Gasteiger partial charge < -0.3 is 15.4 Å². The second kappa shape index (κ2) is 9.22. The Labute approximate surface area is 79.3 Å². The van der Waals surface area contributed by atoms with Gasteiger partial charge in [0.05, 0.1) is 6.61 Å². The van der Waals surface area contributed by atoms with Gasteiger partial charge in [-0.2, -0.15) is 0 Å². The van der Waals surface area contributed by atoms with Crippen molar-refractivity contribution in [2.24, 2.45) is 0 Å². The van der Waals surface area contributed by atoms with Crippen LogP contribution in [0.5, 0.6) is 0 Å². The normalized spacial score (nSPS) is 10.6. The van der Waals surface area contributed by atoms with Gasteiger partial charge in [0.2, 0.25) is 5.91 Å². The highest BCUT2D eigenvalue weighted by atomic mass is 16.5. The molecular formula is C9H18N2O2. The van der Waals surface area contributed by atoms with E-state index in [1.165, 1.54) is 6.08 Å². The molecule has 0 aromatic heterocycles. The summed E-state index contributed by atoms with van der Waals surface area (Å²) >= 11 is 0. The van der Waals surface area contributed by atoms with Crippen molar-refractivity contribution in [3.63, 3.8) is 0 Å². The Hall–Kier alpha value is -0.870. The summed E-state index contributed by atoms with van der Waals surface area (Å²) in [5, 5.41) is 5.68. The number of likely N-dealkylation sites (N-methyl/N-ethyl adjacent to an activating group) is 1. The van der Waals surface area contributed by atoms with Crippen molar-refractivity contribution >= 4 is 5.91 Å². The molecule has 1 amide bonds. The molecule has 0 aliphatic heterocycles. The molecule has 0 atom stereocenters. The monoisotopic (exact) mass is 186 g/mol. The molecule has 0 aromatic rings. The van der Waals surface area contributed by atoms with E-state index in [0.717, 1.165) is 26.1 Å². The lowest BCUT2D eigenvalue weighted by Crippen LogP contribution is -2.20. The zero-order valence-electron chi connectivity index (χ0n) is 8.30. The summed E-state index contributed by atoms with van der Waals surface area (Å²) in [6, 6.07) is 0. The molecule has 0 unspecified atom stereocenters. The molecule has 0 bridgehead atoms. The maximum absolute atomic E-state index is 10.7. The van der Waals surface area contributed by atoms with Crippen LogP contribution < -0.4 is 10.6 Å². The fourth-order valence-corrected chi connectivity index (χ4v) is 0.758. The fourth-order valence-electron chi connectivity index (χ4n) is 0.758. The average molecular weight is 186 g/mol. The molecule has 76 valence electrons. The molecule has 4 heteroatoms. The zero-order chi connectivity index (χ0) is 9.94. The van der Waals surface area contributed by atoms with E-state index in [-0.39, 0.29) is 5.91 Å². The van der Waals surface area contributed by atoms with Crippen LogP contribution in [0.4, 0.5) is 0 Å². The van der Waals surface area contributed by atoms with Crippen molar-refractivity contribution in [1.29, 1.82) is 0 Å². The first-order chi connectivity index (χ1) is 6.31. The topological polar surface area (TPSA) is 50.4 Å². The summed E-state index contributed by atoms with van der Waals surface area (Å²) in [7, 11) is 3.29. The van der Waals surface area contributed by atoms with Gasteiger partial charge in [-0.05, 0) is 19.0 Å². The SMILES string of the molecule is CNC(=O)/C=C/CCNCCOC. The predicted octanol–water partition coefficient (Wildman–Crippen LogP) is -0.0853. The van der Waals surface area contributed by atoms with Crippen molar-refractivity contribution in [3.05, 3.63) is 12.2 Å². The maximum Gasteiger partial charge on any atom is 0.243 e. The first-order valence-electron chi connectivity index (χ1n) is 4.39. The van der Waals surface area contributed by atoms with Gasteiger partial charge in [0.25, 0.3) is 0 Å². The average Bonchev–Trinajstić information content (AvgIpc) is 2.16. The maximum atomic E-state index is 10.7. The minimum atomic E-state index is -0.0584. The molecule has 0 saturated heterocycles. The van der Waals surface area contributed by atoms with E-state index in [4.69, 9.17) is 4.74 Å². The first kappa shape index (κ1) is 12.1. The highest BCUT2D eigenvalue weighted by Crippen LogP contribution is 1.80. The lowest BCUT2D eigenvalue weighted by Gasteiger charge is -2.00. The van der Waals surface area contributed by atoms with Gasteiger partial charge >= 0.3 is 0 Å². The predicted molar refractivity (Wildman–Crippen MR) is 52.6 cm³/mol. The van der Waals surface area contributed by atoms with E-state index in [2.05, 4.69) is 10.6 Å². The quantitative estimate of drug-likeness (QED) is 0.432. The second-order valence-electron chi connectivity index (χ2n) is 2.55. The van der Waals surface area contributed by atoms with Crippen LogP contribution in [-0.4, -0.2) is 39.8 Å². The molecule has 0 aliphatic carbocycles. The van der Waals surface area contributed by atoms with Crippen molar-refractivity contribution < 1.29 is 9.53 Å². The molecule has 0 spiro atoms. The summed E-state index contributed by atoms with van der Waals surface area (Å²) in [4.78, 5) is 10.7. The van der Waals surface area contributed by atoms with Crippen LogP contribution in [0.1, 0.15) is 6.42 Å². The number of rotatable bonds is 7. The standard InChI is InChI=1S/C9H18N2O2/c1-10-9(12)5-3-4-6-11-7-8-13-2/h3,5,11H,4,6-8H2,1-2H3,(H,10,12)/b5-3+. The molecule has 0 rings (SSSR count). The number of ether oxygens (including phenoxy) is 1.